The molecule has 0 fully saturated rings. The van der Waals surface area contributed by atoms with Crippen LogP contribution in [0, 0.1) is 0 Å². The lowest BCUT2D eigenvalue weighted by Gasteiger charge is -2.32. The highest BCUT2D eigenvalue weighted by atomic mass is 16.3. The summed E-state index contributed by atoms with van der Waals surface area (Å²) < 4.78 is 6.37. The number of nitrogens with zero attached hydrogens (tertiary/aromatic N) is 1. The van der Waals surface area contributed by atoms with Crippen LogP contribution in [0.25, 0.3) is 82.4 Å². The van der Waals surface area contributed by atoms with E-state index in [1.807, 2.05) is 12.1 Å². The first-order valence-corrected chi connectivity index (χ1v) is 21.5. The average Bonchev–Trinajstić information content (AvgIpc) is 3.80. The predicted molar refractivity (Wildman–Crippen MR) is 257 cm³/mol. The molecule has 1 aromatic heterocycles. The summed E-state index contributed by atoms with van der Waals surface area (Å²) >= 11 is 0. The molecule has 2 nitrogen and oxygen atoms in total. The molecular weight excluding hydrogens is 739 g/mol. The Kier molecular flexibility index (Phi) is 8.05. The van der Waals surface area contributed by atoms with Gasteiger partial charge in [-0.2, -0.15) is 0 Å². The molecule has 290 valence electrons. The zero-order valence-electron chi connectivity index (χ0n) is 34.3. The van der Waals surface area contributed by atoms with Crippen molar-refractivity contribution in [1.29, 1.82) is 0 Å². The quantitative estimate of drug-likeness (QED) is 0.156. The molecule has 0 radical (unpaired) electrons. The molecule has 12 rings (SSSR count). The SMILES string of the molecule is CC1(C)c2ccccc2-c2ccc(C3=C(N(c4cccc(-c5ccc6c(c5)oc5ccccc56)c4)c4cccc(-c5cccc6c5ccc5ccccc56)c4)CCC=C3)cc21. The van der Waals surface area contributed by atoms with Gasteiger partial charge in [-0.25, -0.2) is 0 Å². The van der Waals surface area contributed by atoms with E-state index in [0.29, 0.717) is 0 Å². The summed E-state index contributed by atoms with van der Waals surface area (Å²) in [5.74, 6) is 0. The summed E-state index contributed by atoms with van der Waals surface area (Å²) in [5.41, 5.74) is 18.0. The lowest BCUT2D eigenvalue weighted by Crippen LogP contribution is -2.20. The van der Waals surface area contributed by atoms with E-state index >= 15 is 0 Å². The summed E-state index contributed by atoms with van der Waals surface area (Å²) in [4.78, 5) is 2.53. The second-order valence-corrected chi connectivity index (χ2v) is 17.2. The lowest BCUT2D eigenvalue weighted by atomic mass is 9.81. The van der Waals surface area contributed by atoms with E-state index in [0.717, 1.165) is 57.3 Å². The molecule has 2 heteroatoms. The molecule has 1 heterocycles. The first kappa shape index (κ1) is 35.5. The maximum absolute atomic E-state index is 6.37. The standard InChI is InChI=1S/C59H43NO/c1-59(2)54-25-8-5-21-50(54)51-32-30-42(36-55(51)59)47-20-6-9-26-56(47)60(43-17-11-15-39(34-43)40-29-33-53-52-22-7-10-27-57(52)61-58(53)37-40)44-18-12-16-41(35-44)46-23-13-24-48-45-19-4-3-14-38(45)28-31-49(46)48/h3-8,10-25,27-37H,9,26H2,1-2H3. The van der Waals surface area contributed by atoms with Crippen molar-refractivity contribution in [2.45, 2.75) is 32.1 Å². The minimum absolute atomic E-state index is 0.0892. The smallest absolute Gasteiger partial charge is 0.136 e. The van der Waals surface area contributed by atoms with Crippen LogP contribution in [0.4, 0.5) is 11.4 Å². The monoisotopic (exact) mass is 781 g/mol. The normalized spacial score (nSPS) is 14.3. The maximum Gasteiger partial charge on any atom is 0.136 e. The summed E-state index contributed by atoms with van der Waals surface area (Å²) in [6.07, 6.45) is 6.59. The molecule has 0 amide bonds. The van der Waals surface area contributed by atoms with Crippen molar-refractivity contribution in [3.63, 3.8) is 0 Å². The van der Waals surface area contributed by atoms with Gasteiger partial charge in [-0.1, -0.05) is 166 Å². The third-order valence-corrected chi connectivity index (χ3v) is 13.3. The molecular formula is C59H43NO. The average molecular weight is 782 g/mol. The van der Waals surface area contributed by atoms with Gasteiger partial charge in [0, 0.05) is 38.8 Å². The third-order valence-electron chi connectivity index (χ3n) is 13.3. The Hall–Kier alpha value is -7.42. The number of para-hydroxylation sites is 1. The van der Waals surface area contributed by atoms with Gasteiger partial charge in [0.25, 0.3) is 0 Å². The van der Waals surface area contributed by atoms with Crippen LogP contribution in [-0.4, -0.2) is 0 Å². The van der Waals surface area contributed by atoms with Crippen molar-refractivity contribution in [2.24, 2.45) is 0 Å². The highest BCUT2D eigenvalue weighted by molar-refractivity contribution is 6.12. The van der Waals surface area contributed by atoms with Crippen molar-refractivity contribution in [3.8, 4) is 33.4 Å². The van der Waals surface area contributed by atoms with Crippen molar-refractivity contribution >= 4 is 60.4 Å². The number of fused-ring (bicyclic) bond motifs is 9. The summed E-state index contributed by atoms with van der Waals surface area (Å²) in [6.45, 7) is 4.74. The van der Waals surface area contributed by atoms with Gasteiger partial charge in [-0.3, -0.25) is 0 Å². The van der Waals surface area contributed by atoms with Gasteiger partial charge in [0.05, 0.1) is 0 Å². The maximum atomic E-state index is 6.37. The fourth-order valence-corrected chi connectivity index (χ4v) is 10.3. The van der Waals surface area contributed by atoms with Crippen molar-refractivity contribution in [3.05, 3.63) is 223 Å². The second-order valence-electron chi connectivity index (χ2n) is 17.2. The van der Waals surface area contributed by atoms with Crippen LogP contribution in [0.15, 0.2) is 210 Å². The predicted octanol–water partition coefficient (Wildman–Crippen LogP) is 16.4. The number of rotatable bonds is 6. The van der Waals surface area contributed by atoms with Gasteiger partial charge >= 0.3 is 0 Å². The number of anilines is 2. The topological polar surface area (TPSA) is 16.4 Å². The molecule has 0 aliphatic heterocycles. The summed E-state index contributed by atoms with van der Waals surface area (Å²) in [6, 6.07) is 69.2. The van der Waals surface area contributed by atoms with E-state index in [9.17, 15) is 0 Å². The molecule has 0 N–H and O–H groups in total. The van der Waals surface area contributed by atoms with E-state index in [-0.39, 0.29) is 5.41 Å². The van der Waals surface area contributed by atoms with Gasteiger partial charge in [0.15, 0.2) is 0 Å². The van der Waals surface area contributed by atoms with Crippen LogP contribution in [-0.2, 0) is 5.41 Å². The Morgan fingerprint density at radius 2 is 1.10 bits per heavy atom. The van der Waals surface area contributed by atoms with E-state index in [1.54, 1.807) is 0 Å². The van der Waals surface area contributed by atoms with Crippen LogP contribution < -0.4 is 4.90 Å². The number of furan rings is 1. The number of hydrogen-bond donors (Lipinski definition) is 0. The second kappa shape index (κ2) is 13.8. The Bertz CT molecular complexity index is 3470. The Balaban J connectivity index is 1.04. The molecule has 0 bridgehead atoms. The van der Waals surface area contributed by atoms with Gasteiger partial charge < -0.3 is 9.32 Å². The first-order chi connectivity index (χ1) is 30.0. The molecule has 0 spiro atoms. The number of allylic oxidation sites excluding steroid dienone is 4. The van der Waals surface area contributed by atoms with Crippen LogP contribution in [0.5, 0.6) is 0 Å². The van der Waals surface area contributed by atoms with E-state index in [1.165, 1.54) is 71.8 Å². The zero-order chi connectivity index (χ0) is 40.7. The molecule has 2 aliphatic rings. The highest BCUT2D eigenvalue weighted by Gasteiger charge is 2.35. The van der Waals surface area contributed by atoms with Crippen molar-refractivity contribution < 1.29 is 4.42 Å². The molecule has 2 aliphatic carbocycles. The molecule has 10 aromatic rings. The molecule has 0 saturated carbocycles. The van der Waals surface area contributed by atoms with Crippen LogP contribution in [0.3, 0.4) is 0 Å². The minimum Gasteiger partial charge on any atom is -0.456 e. The molecule has 9 aromatic carbocycles. The first-order valence-electron chi connectivity index (χ1n) is 21.5. The van der Waals surface area contributed by atoms with Gasteiger partial charge in [0.2, 0.25) is 0 Å². The van der Waals surface area contributed by atoms with Crippen LogP contribution in [0.1, 0.15) is 43.4 Å². The Morgan fingerprint density at radius 3 is 2.00 bits per heavy atom. The highest BCUT2D eigenvalue weighted by Crippen LogP contribution is 2.50. The Labute approximate surface area is 356 Å². The van der Waals surface area contributed by atoms with E-state index in [2.05, 4.69) is 207 Å². The van der Waals surface area contributed by atoms with Gasteiger partial charge in [-0.05, 0) is 133 Å². The summed E-state index contributed by atoms with van der Waals surface area (Å²) in [7, 11) is 0. The minimum atomic E-state index is -0.0892. The number of benzene rings is 9. The summed E-state index contributed by atoms with van der Waals surface area (Å²) in [5, 5.41) is 7.36. The van der Waals surface area contributed by atoms with Crippen LogP contribution >= 0.6 is 0 Å². The fraction of sp³-hybridized carbons (Fsp3) is 0.0847. The van der Waals surface area contributed by atoms with Crippen LogP contribution in [0.2, 0.25) is 0 Å². The molecule has 61 heavy (non-hydrogen) atoms. The molecule has 0 unspecified atom stereocenters. The molecule has 0 atom stereocenters. The largest absolute Gasteiger partial charge is 0.456 e. The van der Waals surface area contributed by atoms with Gasteiger partial charge in [-0.15, -0.1) is 0 Å². The van der Waals surface area contributed by atoms with Crippen molar-refractivity contribution in [1.82, 2.24) is 0 Å². The zero-order valence-corrected chi connectivity index (χ0v) is 34.3. The van der Waals surface area contributed by atoms with E-state index < -0.39 is 0 Å². The third kappa shape index (κ3) is 5.70. The fourth-order valence-electron chi connectivity index (χ4n) is 10.3. The van der Waals surface area contributed by atoms with E-state index in [4.69, 9.17) is 4.42 Å². The Morgan fingerprint density at radius 1 is 0.443 bits per heavy atom. The lowest BCUT2D eigenvalue weighted by molar-refractivity contribution is 0.660. The van der Waals surface area contributed by atoms with Gasteiger partial charge in [0.1, 0.15) is 11.2 Å². The molecule has 0 saturated heterocycles. The number of hydrogen-bond acceptors (Lipinski definition) is 2. The van der Waals surface area contributed by atoms with Crippen molar-refractivity contribution in [2.75, 3.05) is 4.90 Å².